The highest BCUT2D eigenvalue weighted by atomic mass is 32.2. The molecular formula is C12H19NO3S. The fraction of sp³-hybridized carbons (Fsp3) is 0.500. The first kappa shape index (κ1) is 14.0. The van der Waals surface area contributed by atoms with Gasteiger partial charge in [0.05, 0.1) is 22.3 Å². The van der Waals surface area contributed by atoms with Gasteiger partial charge in [-0.25, -0.2) is 0 Å². The lowest BCUT2D eigenvalue weighted by molar-refractivity contribution is 0.200. The van der Waals surface area contributed by atoms with E-state index in [1.54, 1.807) is 25.3 Å². The Kier molecular flexibility index (Phi) is 6.00. The molecule has 0 aliphatic heterocycles. The third kappa shape index (κ3) is 4.36. The molecule has 5 heteroatoms. The van der Waals surface area contributed by atoms with Crippen molar-refractivity contribution >= 4 is 16.5 Å². The smallest absolute Gasteiger partial charge is 0.120 e. The van der Waals surface area contributed by atoms with Gasteiger partial charge in [-0.2, -0.15) is 0 Å². The Labute approximate surface area is 105 Å². The van der Waals surface area contributed by atoms with Crippen LogP contribution in [-0.2, 0) is 15.5 Å². The van der Waals surface area contributed by atoms with Crippen LogP contribution in [0.4, 0.5) is 5.69 Å². The maximum Gasteiger partial charge on any atom is 0.120 e. The SMILES string of the molecule is CCOc1ccc(N)c(S(=O)CCCOC)c1. The summed E-state index contributed by atoms with van der Waals surface area (Å²) in [6.07, 6.45) is 0.751. The molecule has 0 amide bonds. The summed E-state index contributed by atoms with van der Waals surface area (Å²) in [5.41, 5.74) is 6.36. The third-order valence-corrected chi connectivity index (χ3v) is 3.72. The summed E-state index contributed by atoms with van der Waals surface area (Å²) in [6, 6.07) is 5.27. The predicted molar refractivity (Wildman–Crippen MR) is 69.8 cm³/mol. The molecule has 4 nitrogen and oxygen atoms in total. The van der Waals surface area contributed by atoms with Crippen LogP contribution in [0.2, 0.25) is 0 Å². The molecule has 0 aliphatic carbocycles. The molecule has 1 rings (SSSR count). The zero-order valence-corrected chi connectivity index (χ0v) is 11.1. The van der Waals surface area contributed by atoms with Crippen LogP contribution in [0.25, 0.3) is 0 Å². The number of nitrogen functional groups attached to an aromatic ring is 1. The second-order valence-electron chi connectivity index (χ2n) is 3.53. The second-order valence-corrected chi connectivity index (χ2v) is 5.07. The van der Waals surface area contributed by atoms with E-state index in [4.69, 9.17) is 15.2 Å². The van der Waals surface area contributed by atoms with Gasteiger partial charge in [-0.05, 0) is 31.5 Å². The lowest BCUT2D eigenvalue weighted by Crippen LogP contribution is -2.05. The van der Waals surface area contributed by atoms with Crippen molar-refractivity contribution in [3.05, 3.63) is 18.2 Å². The molecule has 0 heterocycles. The second kappa shape index (κ2) is 7.29. The van der Waals surface area contributed by atoms with Crippen molar-refractivity contribution in [3.63, 3.8) is 0 Å². The largest absolute Gasteiger partial charge is 0.494 e. The fourth-order valence-electron chi connectivity index (χ4n) is 1.41. The van der Waals surface area contributed by atoms with Crippen LogP contribution in [0.5, 0.6) is 5.75 Å². The molecule has 0 aliphatic rings. The zero-order chi connectivity index (χ0) is 12.7. The van der Waals surface area contributed by atoms with Crippen LogP contribution in [0.3, 0.4) is 0 Å². The number of hydrogen-bond donors (Lipinski definition) is 1. The summed E-state index contributed by atoms with van der Waals surface area (Å²) in [5.74, 6) is 1.25. The van der Waals surface area contributed by atoms with Gasteiger partial charge in [-0.3, -0.25) is 4.21 Å². The van der Waals surface area contributed by atoms with Gasteiger partial charge < -0.3 is 15.2 Å². The quantitative estimate of drug-likeness (QED) is 0.598. The van der Waals surface area contributed by atoms with Crippen LogP contribution in [-0.4, -0.2) is 30.3 Å². The van der Waals surface area contributed by atoms with Crippen molar-refractivity contribution in [3.8, 4) is 5.75 Å². The summed E-state index contributed by atoms with van der Waals surface area (Å²) in [6.45, 7) is 3.10. The van der Waals surface area contributed by atoms with Crippen molar-refractivity contribution in [2.24, 2.45) is 0 Å². The summed E-state index contributed by atoms with van der Waals surface area (Å²) in [7, 11) is 0.537. The lowest BCUT2D eigenvalue weighted by atomic mass is 10.3. The molecule has 96 valence electrons. The number of anilines is 1. The van der Waals surface area contributed by atoms with Crippen LogP contribution < -0.4 is 10.5 Å². The van der Waals surface area contributed by atoms with Crippen molar-refractivity contribution in [2.75, 3.05) is 31.8 Å². The molecule has 1 unspecified atom stereocenters. The maximum absolute atomic E-state index is 12.0. The zero-order valence-electron chi connectivity index (χ0n) is 10.3. The molecule has 0 spiro atoms. The van der Waals surface area contributed by atoms with Gasteiger partial charge in [0.2, 0.25) is 0 Å². The van der Waals surface area contributed by atoms with Gasteiger partial charge in [0, 0.05) is 25.2 Å². The average molecular weight is 257 g/mol. The Bertz CT molecular complexity index is 382. The molecule has 17 heavy (non-hydrogen) atoms. The summed E-state index contributed by atoms with van der Waals surface area (Å²) < 4.78 is 22.3. The lowest BCUT2D eigenvalue weighted by Gasteiger charge is -2.09. The Hall–Kier alpha value is -1.07. The number of ether oxygens (including phenoxy) is 2. The molecule has 0 aromatic heterocycles. The van der Waals surface area contributed by atoms with E-state index in [1.807, 2.05) is 6.92 Å². The van der Waals surface area contributed by atoms with Crippen molar-refractivity contribution in [2.45, 2.75) is 18.2 Å². The molecule has 0 bridgehead atoms. The molecule has 1 aromatic rings. The fourth-order valence-corrected chi connectivity index (χ4v) is 2.59. The van der Waals surface area contributed by atoms with E-state index in [0.29, 0.717) is 35.3 Å². The first-order valence-electron chi connectivity index (χ1n) is 5.58. The topological polar surface area (TPSA) is 61.5 Å². The van der Waals surface area contributed by atoms with Crippen LogP contribution in [0.15, 0.2) is 23.1 Å². The number of rotatable bonds is 7. The first-order chi connectivity index (χ1) is 8.19. The number of methoxy groups -OCH3 is 1. The average Bonchev–Trinajstić information content (AvgIpc) is 2.32. The van der Waals surface area contributed by atoms with Crippen LogP contribution in [0.1, 0.15) is 13.3 Å². The monoisotopic (exact) mass is 257 g/mol. The first-order valence-corrected chi connectivity index (χ1v) is 6.90. The van der Waals surface area contributed by atoms with Gasteiger partial charge in [-0.15, -0.1) is 0 Å². The summed E-state index contributed by atoms with van der Waals surface area (Å²) in [5, 5.41) is 0. The van der Waals surface area contributed by atoms with E-state index in [9.17, 15) is 4.21 Å². The third-order valence-electron chi connectivity index (χ3n) is 2.22. The summed E-state index contributed by atoms with van der Waals surface area (Å²) in [4.78, 5) is 0.645. The number of nitrogens with two attached hydrogens (primary N) is 1. The highest BCUT2D eigenvalue weighted by Crippen LogP contribution is 2.23. The van der Waals surface area contributed by atoms with Crippen molar-refractivity contribution < 1.29 is 13.7 Å². The number of hydrogen-bond acceptors (Lipinski definition) is 4. The van der Waals surface area contributed by atoms with E-state index >= 15 is 0 Å². The standard InChI is InChI=1S/C12H19NO3S/c1-3-16-10-5-6-11(13)12(9-10)17(14)8-4-7-15-2/h5-6,9H,3-4,7-8,13H2,1-2H3. The van der Waals surface area contributed by atoms with E-state index < -0.39 is 10.8 Å². The molecule has 1 aromatic carbocycles. The minimum absolute atomic E-state index is 0.546. The Balaban J connectivity index is 2.73. The molecule has 1 atom stereocenters. The van der Waals surface area contributed by atoms with E-state index in [-0.39, 0.29) is 0 Å². The molecule has 2 N–H and O–H groups in total. The van der Waals surface area contributed by atoms with Gasteiger partial charge in [0.15, 0.2) is 0 Å². The Morgan fingerprint density at radius 3 is 2.82 bits per heavy atom. The van der Waals surface area contributed by atoms with E-state index in [0.717, 1.165) is 6.42 Å². The molecule has 0 fully saturated rings. The molecule has 0 saturated heterocycles. The Morgan fingerprint density at radius 2 is 2.18 bits per heavy atom. The van der Waals surface area contributed by atoms with E-state index in [1.165, 1.54) is 0 Å². The summed E-state index contributed by atoms with van der Waals surface area (Å²) >= 11 is 0. The minimum atomic E-state index is -1.10. The van der Waals surface area contributed by atoms with Crippen molar-refractivity contribution in [1.82, 2.24) is 0 Å². The highest BCUT2D eigenvalue weighted by Gasteiger charge is 2.09. The normalized spacial score (nSPS) is 12.4. The van der Waals surface area contributed by atoms with Gasteiger partial charge in [0.25, 0.3) is 0 Å². The van der Waals surface area contributed by atoms with Gasteiger partial charge in [0.1, 0.15) is 5.75 Å². The Morgan fingerprint density at radius 1 is 1.41 bits per heavy atom. The predicted octanol–water partition coefficient (Wildman–Crippen LogP) is 1.81. The highest BCUT2D eigenvalue weighted by molar-refractivity contribution is 7.85. The van der Waals surface area contributed by atoms with Crippen LogP contribution in [0, 0.1) is 0 Å². The van der Waals surface area contributed by atoms with Crippen molar-refractivity contribution in [1.29, 1.82) is 0 Å². The van der Waals surface area contributed by atoms with E-state index in [2.05, 4.69) is 0 Å². The van der Waals surface area contributed by atoms with Crippen LogP contribution >= 0.6 is 0 Å². The molecule has 0 radical (unpaired) electrons. The maximum atomic E-state index is 12.0. The molecule has 0 saturated carbocycles. The molecular weight excluding hydrogens is 238 g/mol. The van der Waals surface area contributed by atoms with Gasteiger partial charge in [-0.1, -0.05) is 0 Å². The minimum Gasteiger partial charge on any atom is -0.494 e. The van der Waals surface area contributed by atoms with Gasteiger partial charge >= 0.3 is 0 Å². The number of benzene rings is 1.